The first-order valence-electron chi connectivity index (χ1n) is 9.27. The molecule has 0 amide bonds. The van der Waals surface area contributed by atoms with E-state index in [1.54, 1.807) is 11.8 Å². The lowest BCUT2D eigenvalue weighted by Gasteiger charge is -2.36. The summed E-state index contributed by atoms with van der Waals surface area (Å²) in [6.07, 6.45) is 5.42. The predicted octanol–water partition coefficient (Wildman–Crippen LogP) is 5.06. The lowest BCUT2D eigenvalue weighted by molar-refractivity contribution is 0.182. The van der Waals surface area contributed by atoms with Crippen molar-refractivity contribution in [3.63, 3.8) is 0 Å². The topological polar surface area (TPSA) is 35.5 Å². The van der Waals surface area contributed by atoms with Gasteiger partial charge in [-0.25, -0.2) is 0 Å². The molecule has 3 rings (SSSR count). The van der Waals surface area contributed by atoms with Crippen LogP contribution in [0.3, 0.4) is 0 Å². The van der Waals surface area contributed by atoms with Crippen molar-refractivity contribution in [2.24, 2.45) is 0 Å². The Hall–Kier alpha value is -2.01. The van der Waals surface area contributed by atoms with E-state index in [-0.39, 0.29) is 4.75 Å². The monoisotopic (exact) mass is 380 g/mol. The van der Waals surface area contributed by atoms with Gasteiger partial charge in [0, 0.05) is 25.3 Å². The Morgan fingerprint density at radius 3 is 2.30 bits per heavy atom. The highest BCUT2D eigenvalue weighted by Crippen LogP contribution is 2.31. The van der Waals surface area contributed by atoms with Crippen LogP contribution in [-0.4, -0.2) is 40.7 Å². The van der Waals surface area contributed by atoms with E-state index < -0.39 is 0 Å². The lowest BCUT2D eigenvalue weighted by atomic mass is 9.96. The normalized spacial score (nSPS) is 17.1. The number of benzene rings is 2. The highest BCUT2D eigenvalue weighted by Gasteiger charge is 2.30. The Kier molecular flexibility index (Phi) is 6.42. The van der Waals surface area contributed by atoms with Gasteiger partial charge >= 0.3 is 0 Å². The number of rotatable bonds is 7. The zero-order valence-corrected chi connectivity index (χ0v) is 16.9. The van der Waals surface area contributed by atoms with Crippen LogP contribution in [-0.2, 0) is 0 Å². The zero-order chi connectivity index (χ0) is 19.3. The molecule has 0 spiro atoms. The third kappa shape index (κ3) is 4.64. The van der Waals surface area contributed by atoms with Gasteiger partial charge < -0.3 is 0 Å². The number of hydrogen-bond acceptors (Lipinski definition) is 4. The summed E-state index contributed by atoms with van der Waals surface area (Å²) in [5.74, 6) is 0. The first kappa shape index (κ1) is 19.7. The van der Waals surface area contributed by atoms with Crippen LogP contribution in [0.2, 0.25) is 0 Å². The molecule has 3 nitrogen and oxygen atoms in total. The summed E-state index contributed by atoms with van der Waals surface area (Å²) >= 11 is 1.71. The highest BCUT2D eigenvalue weighted by atomic mass is 32.2. The fourth-order valence-corrected chi connectivity index (χ4v) is 4.06. The summed E-state index contributed by atoms with van der Waals surface area (Å²) in [6, 6.07) is 19.4. The lowest BCUT2D eigenvalue weighted by Crippen LogP contribution is -2.44. The largest absolute Gasteiger partial charge is 0.298 e. The van der Waals surface area contributed by atoms with Crippen LogP contribution in [0.5, 0.6) is 0 Å². The molecule has 2 N–H and O–H groups in total. The van der Waals surface area contributed by atoms with Gasteiger partial charge in [0.1, 0.15) is 0 Å². The molecule has 0 saturated carbocycles. The van der Waals surface area contributed by atoms with Gasteiger partial charge in [0.15, 0.2) is 0 Å². The number of hydroxylamine groups is 1. The molecular weight excluding hydrogens is 352 g/mol. The van der Waals surface area contributed by atoms with E-state index in [1.807, 2.05) is 6.07 Å². The average molecular weight is 381 g/mol. The Balaban J connectivity index is 1.66. The van der Waals surface area contributed by atoms with Crippen molar-refractivity contribution in [2.45, 2.75) is 18.1 Å². The third-order valence-electron chi connectivity index (χ3n) is 5.41. The van der Waals surface area contributed by atoms with Crippen LogP contribution in [0.4, 0.5) is 0 Å². The van der Waals surface area contributed by atoms with Crippen LogP contribution in [0.15, 0.2) is 72.9 Å². The van der Waals surface area contributed by atoms with E-state index >= 15 is 0 Å². The molecular formula is C23H28N2OS. The van der Waals surface area contributed by atoms with E-state index in [0.29, 0.717) is 5.70 Å². The van der Waals surface area contributed by atoms with E-state index in [1.165, 1.54) is 22.3 Å². The molecule has 27 heavy (non-hydrogen) atoms. The van der Waals surface area contributed by atoms with Crippen molar-refractivity contribution < 1.29 is 5.21 Å². The minimum atomic E-state index is -0.211. The van der Waals surface area contributed by atoms with Gasteiger partial charge in [0.25, 0.3) is 0 Å². The van der Waals surface area contributed by atoms with E-state index in [2.05, 4.69) is 84.7 Å². The Bertz CT molecular complexity index is 801. The summed E-state index contributed by atoms with van der Waals surface area (Å²) in [6.45, 7) is 8.86. The molecule has 0 aromatic heterocycles. The van der Waals surface area contributed by atoms with Crippen LogP contribution in [0, 0.1) is 0 Å². The standard InChI is InChI=1S/C23H28N2OS/c1-18(24-26)23(2,27-3)17-25-15-13-22(14-16-25)21-11-9-20(10-12-21)19-7-5-4-6-8-19/h4-13,24,26H,1,14-17H2,2-3H3. The number of hydrogen-bond donors (Lipinski definition) is 2. The van der Waals surface area contributed by atoms with Crippen molar-refractivity contribution >= 4 is 17.3 Å². The van der Waals surface area contributed by atoms with E-state index in [0.717, 1.165) is 26.1 Å². The summed E-state index contributed by atoms with van der Waals surface area (Å²) in [4.78, 5) is 2.42. The molecule has 1 unspecified atom stereocenters. The molecule has 0 aliphatic carbocycles. The maximum absolute atomic E-state index is 9.23. The molecule has 1 aliphatic rings. The SMILES string of the molecule is C=C(NO)C(C)(CN1CC=C(c2ccc(-c3ccccc3)cc2)CC1)SC. The smallest absolute Gasteiger partial charge is 0.0667 e. The first-order chi connectivity index (χ1) is 13.1. The van der Waals surface area contributed by atoms with Crippen LogP contribution < -0.4 is 5.48 Å². The number of nitrogens with one attached hydrogen (secondary N) is 1. The molecule has 0 bridgehead atoms. The second kappa shape index (κ2) is 8.79. The van der Waals surface area contributed by atoms with Gasteiger partial charge in [-0.2, -0.15) is 11.8 Å². The van der Waals surface area contributed by atoms with Gasteiger partial charge in [0.2, 0.25) is 0 Å². The van der Waals surface area contributed by atoms with Crippen LogP contribution >= 0.6 is 11.8 Å². The van der Waals surface area contributed by atoms with Crippen LogP contribution in [0.1, 0.15) is 18.9 Å². The fraction of sp³-hybridized carbons (Fsp3) is 0.304. The van der Waals surface area contributed by atoms with Gasteiger partial charge in [-0.05, 0) is 41.9 Å². The second-order valence-electron chi connectivity index (χ2n) is 7.18. The maximum atomic E-state index is 9.23. The number of thioether (sulfide) groups is 1. The Labute approximate surface area is 166 Å². The van der Waals surface area contributed by atoms with Gasteiger partial charge in [-0.1, -0.05) is 67.3 Å². The van der Waals surface area contributed by atoms with Gasteiger partial charge in [0.05, 0.1) is 4.75 Å². The molecule has 1 aliphatic heterocycles. The predicted molar refractivity (Wildman–Crippen MR) is 117 cm³/mol. The summed E-state index contributed by atoms with van der Waals surface area (Å²) in [5.41, 5.74) is 8.12. The molecule has 142 valence electrons. The van der Waals surface area contributed by atoms with Crippen molar-refractivity contribution in [3.8, 4) is 11.1 Å². The third-order valence-corrected chi connectivity index (χ3v) is 6.68. The fourth-order valence-electron chi connectivity index (χ4n) is 3.45. The summed E-state index contributed by atoms with van der Waals surface area (Å²) < 4.78 is -0.211. The van der Waals surface area contributed by atoms with Crippen molar-refractivity contribution in [1.82, 2.24) is 10.4 Å². The molecule has 1 heterocycles. The average Bonchev–Trinajstić information content (AvgIpc) is 2.74. The van der Waals surface area contributed by atoms with E-state index in [9.17, 15) is 5.21 Å². The molecule has 1 atom stereocenters. The minimum Gasteiger partial charge on any atom is -0.298 e. The Morgan fingerprint density at radius 1 is 1.11 bits per heavy atom. The molecule has 0 saturated heterocycles. The molecule has 0 fully saturated rings. The molecule has 4 heteroatoms. The molecule has 0 radical (unpaired) electrons. The maximum Gasteiger partial charge on any atom is 0.0667 e. The Morgan fingerprint density at radius 2 is 1.74 bits per heavy atom. The number of nitrogens with zero attached hydrogens (tertiary/aromatic N) is 1. The zero-order valence-electron chi connectivity index (χ0n) is 16.1. The highest BCUT2D eigenvalue weighted by molar-refractivity contribution is 8.00. The van der Waals surface area contributed by atoms with Crippen molar-refractivity contribution in [2.75, 3.05) is 25.9 Å². The summed E-state index contributed by atoms with van der Waals surface area (Å²) in [5, 5.41) is 9.23. The minimum absolute atomic E-state index is 0.211. The van der Waals surface area contributed by atoms with Gasteiger partial charge in [-0.3, -0.25) is 15.6 Å². The summed E-state index contributed by atoms with van der Waals surface area (Å²) in [7, 11) is 0. The molecule has 2 aromatic carbocycles. The van der Waals surface area contributed by atoms with Crippen molar-refractivity contribution in [1.29, 1.82) is 0 Å². The second-order valence-corrected chi connectivity index (χ2v) is 8.49. The van der Waals surface area contributed by atoms with E-state index in [4.69, 9.17) is 0 Å². The van der Waals surface area contributed by atoms with Gasteiger partial charge in [-0.15, -0.1) is 0 Å². The first-order valence-corrected chi connectivity index (χ1v) is 10.5. The van der Waals surface area contributed by atoms with Crippen molar-refractivity contribution in [3.05, 3.63) is 78.5 Å². The van der Waals surface area contributed by atoms with Crippen LogP contribution in [0.25, 0.3) is 16.7 Å². The quantitative estimate of drug-likeness (QED) is 0.659. The molecule has 2 aromatic rings.